The summed E-state index contributed by atoms with van der Waals surface area (Å²) in [4.78, 5) is 21.7. The number of aryl methyl sites for hydroxylation is 3. The van der Waals surface area contributed by atoms with Crippen molar-refractivity contribution in [3.05, 3.63) is 95.7 Å². The molecule has 1 N–H and O–H groups in total. The van der Waals surface area contributed by atoms with Gasteiger partial charge in [-0.3, -0.25) is 4.79 Å². The van der Waals surface area contributed by atoms with Crippen LogP contribution in [0.15, 0.2) is 73.1 Å². The van der Waals surface area contributed by atoms with E-state index in [9.17, 15) is 4.79 Å². The van der Waals surface area contributed by atoms with Crippen molar-refractivity contribution in [1.29, 1.82) is 0 Å². The Kier molecular flexibility index (Phi) is 5.99. The molecule has 0 bridgehead atoms. The summed E-state index contributed by atoms with van der Waals surface area (Å²) in [6.07, 6.45) is 4.84. The number of carbonyl (C=O) groups excluding carboxylic acids is 1. The van der Waals surface area contributed by atoms with Crippen LogP contribution in [0.5, 0.6) is 5.75 Å². The number of hydrogen-bond donors (Lipinski definition) is 1. The van der Waals surface area contributed by atoms with Gasteiger partial charge in [-0.1, -0.05) is 18.2 Å². The highest BCUT2D eigenvalue weighted by atomic mass is 16.5. The van der Waals surface area contributed by atoms with E-state index in [2.05, 4.69) is 32.8 Å². The number of ether oxygens (including phenoxy) is 1. The van der Waals surface area contributed by atoms with Gasteiger partial charge in [0.05, 0.1) is 16.7 Å². The van der Waals surface area contributed by atoms with Crippen molar-refractivity contribution < 1.29 is 9.53 Å². The summed E-state index contributed by atoms with van der Waals surface area (Å²) in [6, 6.07) is 19.3. The van der Waals surface area contributed by atoms with E-state index in [0.717, 1.165) is 41.2 Å². The van der Waals surface area contributed by atoms with E-state index in [-0.39, 0.29) is 5.91 Å². The third-order valence-electron chi connectivity index (χ3n) is 5.84. The number of nitrogens with one attached hydrogen (secondary N) is 1. The maximum atomic E-state index is 12.5. The summed E-state index contributed by atoms with van der Waals surface area (Å²) in [5.41, 5.74) is 5.67. The molecule has 0 saturated carbocycles. The molecule has 0 radical (unpaired) electrons. The van der Waals surface area contributed by atoms with E-state index < -0.39 is 0 Å². The van der Waals surface area contributed by atoms with Gasteiger partial charge in [0.1, 0.15) is 23.8 Å². The molecule has 0 aliphatic heterocycles. The second kappa shape index (κ2) is 9.39. The molecule has 0 fully saturated rings. The Bertz CT molecular complexity index is 1450. The lowest BCUT2D eigenvalue weighted by Crippen LogP contribution is -2.25. The van der Waals surface area contributed by atoms with E-state index >= 15 is 0 Å². The number of amides is 1. The summed E-state index contributed by atoms with van der Waals surface area (Å²) in [6.45, 7) is 5.83. The average Bonchev–Trinajstić information content (AvgIpc) is 3.40. The zero-order chi connectivity index (χ0) is 23.5. The fourth-order valence-electron chi connectivity index (χ4n) is 4.10. The third-order valence-corrected chi connectivity index (χ3v) is 5.84. The van der Waals surface area contributed by atoms with Crippen LogP contribution in [0.4, 0.5) is 0 Å². The summed E-state index contributed by atoms with van der Waals surface area (Å²) < 4.78 is 10.0. The van der Waals surface area contributed by atoms with Crippen molar-refractivity contribution >= 4 is 22.6 Å². The van der Waals surface area contributed by atoms with Crippen molar-refractivity contribution in [2.75, 3.05) is 6.54 Å². The monoisotopic (exact) mass is 453 g/mol. The molecule has 2 aromatic carbocycles. The van der Waals surface area contributed by atoms with Gasteiger partial charge in [-0.05, 0) is 68.3 Å². The fraction of sp³-hybridized carbons (Fsp3) is 0.222. The van der Waals surface area contributed by atoms with Crippen LogP contribution >= 0.6 is 0 Å². The van der Waals surface area contributed by atoms with Crippen LogP contribution in [-0.2, 0) is 13.2 Å². The minimum Gasteiger partial charge on any atom is -0.487 e. The van der Waals surface area contributed by atoms with Gasteiger partial charge in [0, 0.05) is 31.0 Å². The molecule has 34 heavy (non-hydrogen) atoms. The predicted octanol–water partition coefficient (Wildman–Crippen LogP) is 4.70. The lowest BCUT2D eigenvalue weighted by atomic mass is 10.2. The third kappa shape index (κ3) is 4.64. The van der Waals surface area contributed by atoms with Crippen LogP contribution in [0.25, 0.3) is 16.7 Å². The quantitative estimate of drug-likeness (QED) is 0.346. The first-order valence-electron chi connectivity index (χ1n) is 11.4. The highest BCUT2D eigenvalue weighted by molar-refractivity contribution is 5.94. The molecule has 1 amide bonds. The van der Waals surface area contributed by atoms with Gasteiger partial charge in [-0.2, -0.15) is 0 Å². The number of imidazole rings is 2. The fourth-order valence-corrected chi connectivity index (χ4v) is 4.10. The number of benzene rings is 2. The first-order chi connectivity index (χ1) is 16.6. The van der Waals surface area contributed by atoms with Gasteiger partial charge in [0.25, 0.3) is 5.91 Å². The SMILES string of the molecule is Cc1ccc2nc(COc3ccc(C(=O)NCCCn4c(C)nc5ccccc54)cc3)cn2c1. The zero-order valence-electron chi connectivity index (χ0n) is 19.4. The second-order valence-corrected chi connectivity index (χ2v) is 8.43. The largest absolute Gasteiger partial charge is 0.487 e. The number of para-hydroxylation sites is 2. The molecule has 0 spiro atoms. The average molecular weight is 454 g/mol. The van der Waals surface area contributed by atoms with Crippen molar-refractivity contribution in [3.63, 3.8) is 0 Å². The standard InChI is InChI=1S/C27H27N5O2/c1-19-8-13-26-30-22(17-31(26)16-19)18-34-23-11-9-21(10-12-23)27(33)28-14-5-15-32-20(2)29-24-6-3-4-7-25(24)32/h3-4,6-13,16-17H,5,14-15,18H2,1-2H3,(H,28,33). The predicted molar refractivity (Wildman–Crippen MR) is 132 cm³/mol. The topological polar surface area (TPSA) is 73.4 Å². The normalized spacial score (nSPS) is 11.2. The number of fused-ring (bicyclic) bond motifs is 2. The van der Waals surface area contributed by atoms with Gasteiger partial charge < -0.3 is 19.0 Å². The highest BCUT2D eigenvalue weighted by Crippen LogP contribution is 2.17. The molecule has 172 valence electrons. The Morgan fingerprint density at radius 1 is 0.971 bits per heavy atom. The Hall–Kier alpha value is -4.13. The van der Waals surface area contributed by atoms with Crippen molar-refractivity contribution in [2.24, 2.45) is 0 Å². The molecule has 7 heteroatoms. The molecule has 0 aliphatic carbocycles. The second-order valence-electron chi connectivity index (χ2n) is 8.43. The summed E-state index contributed by atoms with van der Waals surface area (Å²) in [5, 5.41) is 3.00. The smallest absolute Gasteiger partial charge is 0.251 e. The van der Waals surface area contributed by atoms with Crippen molar-refractivity contribution in [1.82, 2.24) is 24.3 Å². The van der Waals surface area contributed by atoms with Crippen LogP contribution < -0.4 is 10.1 Å². The van der Waals surface area contributed by atoms with E-state index in [1.165, 1.54) is 5.56 Å². The van der Waals surface area contributed by atoms with E-state index in [1.807, 2.05) is 66.2 Å². The van der Waals surface area contributed by atoms with Crippen molar-refractivity contribution in [3.8, 4) is 5.75 Å². The maximum absolute atomic E-state index is 12.5. The molecule has 7 nitrogen and oxygen atoms in total. The maximum Gasteiger partial charge on any atom is 0.251 e. The molecule has 5 aromatic rings. The molecular weight excluding hydrogens is 426 g/mol. The van der Waals surface area contributed by atoms with Gasteiger partial charge in [0.2, 0.25) is 0 Å². The Morgan fingerprint density at radius 2 is 1.79 bits per heavy atom. The molecule has 3 aromatic heterocycles. The van der Waals surface area contributed by atoms with Crippen molar-refractivity contribution in [2.45, 2.75) is 33.4 Å². The van der Waals surface area contributed by atoms with E-state index in [4.69, 9.17) is 4.74 Å². The van der Waals surface area contributed by atoms with Crippen LogP contribution in [0.2, 0.25) is 0 Å². The van der Waals surface area contributed by atoms with Gasteiger partial charge in [-0.15, -0.1) is 0 Å². The Balaban J connectivity index is 1.11. The lowest BCUT2D eigenvalue weighted by Gasteiger charge is -2.09. The molecule has 0 unspecified atom stereocenters. The molecule has 0 aliphatic rings. The minimum atomic E-state index is -0.0884. The summed E-state index contributed by atoms with van der Waals surface area (Å²) >= 11 is 0. The molecule has 5 rings (SSSR count). The van der Waals surface area contributed by atoms with Gasteiger partial charge in [0.15, 0.2) is 0 Å². The Labute approximate surface area is 198 Å². The number of pyridine rings is 1. The Morgan fingerprint density at radius 3 is 2.65 bits per heavy atom. The zero-order valence-corrected chi connectivity index (χ0v) is 19.4. The van der Waals surface area contributed by atoms with Gasteiger partial charge >= 0.3 is 0 Å². The van der Waals surface area contributed by atoms with Crippen LogP contribution in [-0.4, -0.2) is 31.4 Å². The van der Waals surface area contributed by atoms with E-state index in [0.29, 0.717) is 24.5 Å². The highest BCUT2D eigenvalue weighted by Gasteiger charge is 2.09. The summed E-state index contributed by atoms with van der Waals surface area (Å²) in [5.74, 6) is 1.60. The van der Waals surface area contributed by atoms with Gasteiger partial charge in [-0.25, -0.2) is 9.97 Å². The molecule has 0 saturated heterocycles. The first-order valence-corrected chi connectivity index (χ1v) is 11.4. The number of rotatable bonds is 8. The van der Waals surface area contributed by atoms with Crippen LogP contribution in [0, 0.1) is 13.8 Å². The molecule has 0 atom stereocenters. The molecular formula is C27H27N5O2. The van der Waals surface area contributed by atoms with E-state index in [1.54, 1.807) is 12.1 Å². The number of aromatic nitrogens is 4. The number of nitrogens with zero attached hydrogens (tertiary/aromatic N) is 4. The summed E-state index contributed by atoms with van der Waals surface area (Å²) in [7, 11) is 0. The van der Waals surface area contributed by atoms with Crippen LogP contribution in [0.1, 0.15) is 33.9 Å². The number of carbonyl (C=O) groups is 1. The lowest BCUT2D eigenvalue weighted by molar-refractivity contribution is 0.0952. The first kappa shape index (κ1) is 21.7. The van der Waals surface area contributed by atoms with Crippen LogP contribution in [0.3, 0.4) is 0 Å². The molecule has 3 heterocycles. The minimum absolute atomic E-state index is 0.0884. The number of hydrogen-bond acceptors (Lipinski definition) is 4.